The van der Waals surface area contributed by atoms with Gasteiger partial charge in [0.25, 0.3) is 0 Å². The Bertz CT molecular complexity index is 140. The Labute approximate surface area is 72.3 Å². The molecule has 3 heteroatoms. The summed E-state index contributed by atoms with van der Waals surface area (Å²) in [5.41, 5.74) is 0. The number of carbonyl (C=O) groups excluding carboxylic acids is 1. The molecule has 0 bridgehead atoms. The van der Waals surface area contributed by atoms with Crippen molar-refractivity contribution in [3.05, 3.63) is 0 Å². The molecule has 0 spiro atoms. The van der Waals surface area contributed by atoms with Crippen molar-refractivity contribution in [3.8, 4) is 0 Å². The summed E-state index contributed by atoms with van der Waals surface area (Å²) >= 11 is 1.99. The highest BCUT2D eigenvalue weighted by molar-refractivity contribution is 7.99. The van der Waals surface area contributed by atoms with Gasteiger partial charge in [0.2, 0.25) is 0 Å². The Morgan fingerprint density at radius 3 is 3.00 bits per heavy atom. The quantitative estimate of drug-likeness (QED) is 0.581. The highest BCUT2D eigenvalue weighted by atomic mass is 32.2. The van der Waals surface area contributed by atoms with E-state index in [1.54, 1.807) is 0 Å². The molecule has 0 aliphatic carbocycles. The smallest absolute Gasteiger partial charge is 0.136 e. The van der Waals surface area contributed by atoms with Crippen LogP contribution < -0.4 is 0 Å². The van der Waals surface area contributed by atoms with Crippen LogP contribution in [0, 0.1) is 0 Å². The average Bonchev–Trinajstić information content (AvgIpc) is 2.03. The van der Waals surface area contributed by atoms with E-state index in [4.69, 9.17) is 0 Å². The lowest BCUT2D eigenvalue weighted by atomic mass is 10.3. The number of aldehydes is 1. The molecule has 1 saturated heterocycles. The molecule has 1 aliphatic rings. The fourth-order valence-electron chi connectivity index (χ4n) is 1.30. The van der Waals surface area contributed by atoms with Crippen LogP contribution in [0.15, 0.2) is 0 Å². The van der Waals surface area contributed by atoms with Gasteiger partial charge < -0.3 is 4.79 Å². The molecule has 0 radical (unpaired) electrons. The van der Waals surface area contributed by atoms with E-state index in [1.165, 1.54) is 5.75 Å². The van der Waals surface area contributed by atoms with E-state index in [0.717, 1.165) is 19.4 Å². The summed E-state index contributed by atoms with van der Waals surface area (Å²) in [6.07, 6.45) is 1.03. The number of hydrogen-bond acceptors (Lipinski definition) is 3. The standard InChI is InChI=1S/C8H15NOS/c1-7(6-10)9-3-4-11-8(2)5-9/h6-8H,3-5H2,1-2H3. The Morgan fingerprint density at radius 2 is 2.45 bits per heavy atom. The van der Waals surface area contributed by atoms with Gasteiger partial charge in [0.1, 0.15) is 6.29 Å². The van der Waals surface area contributed by atoms with Crippen molar-refractivity contribution in [2.24, 2.45) is 0 Å². The first-order chi connectivity index (χ1) is 5.24. The van der Waals surface area contributed by atoms with Crippen molar-refractivity contribution in [1.82, 2.24) is 4.90 Å². The lowest BCUT2D eigenvalue weighted by molar-refractivity contribution is -0.111. The molecule has 1 heterocycles. The predicted octanol–water partition coefficient (Wildman–Crippen LogP) is 1.01. The minimum absolute atomic E-state index is 0.110. The molecular formula is C8H15NOS. The van der Waals surface area contributed by atoms with Crippen LogP contribution in [0.4, 0.5) is 0 Å². The molecule has 0 amide bonds. The molecule has 0 saturated carbocycles. The minimum atomic E-state index is 0.110. The molecule has 0 aromatic rings. The van der Waals surface area contributed by atoms with Gasteiger partial charge in [-0.3, -0.25) is 4.90 Å². The van der Waals surface area contributed by atoms with Gasteiger partial charge in [0.15, 0.2) is 0 Å². The summed E-state index contributed by atoms with van der Waals surface area (Å²) in [6, 6.07) is 0.110. The second-order valence-corrected chi connectivity index (χ2v) is 4.60. The maximum atomic E-state index is 10.5. The summed E-state index contributed by atoms with van der Waals surface area (Å²) in [7, 11) is 0. The zero-order valence-corrected chi connectivity index (χ0v) is 7.93. The Morgan fingerprint density at radius 1 is 1.73 bits per heavy atom. The SMILES string of the molecule is CC1CN(C(C)C=O)CCS1. The van der Waals surface area contributed by atoms with Gasteiger partial charge in [-0.15, -0.1) is 0 Å². The number of rotatable bonds is 2. The predicted molar refractivity (Wildman–Crippen MR) is 49.0 cm³/mol. The average molecular weight is 173 g/mol. The fraction of sp³-hybridized carbons (Fsp3) is 0.875. The van der Waals surface area contributed by atoms with E-state index in [1.807, 2.05) is 18.7 Å². The first-order valence-corrected chi connectivity index (χ1v) is 5.10. The van der Waals surface area contributed by atoms with E-state index in [-0.39, 0.29) is 6.04 Å². The first kappa shape index (κ1) is 9.07. The van der Waals surface area contributed by atoms with Crippen LogP contribution in [0.1, 0.15) is 13.8 Å². The lowest BCUT2D eigenvalue weighted by Crippen LogP contribution is -2.43. The normalized spacial score (nSPS) is 29.8. The highest BCUT2D eigenvalue weighted by Crippen LogP contribution is 2.18. The second kappa shape index (κ2) is 4.12. The molecule has 1 aliphatic heterocycles. The van der Waals surface area contributed by atoms with E-state index in [0.29, 0.717) is 5.25 Å². The van der Waals surface area contributed by atoms with Gasteiger partial charge in [-0.25, -0.2) is 0 Å². The van der Waals surface area contributed by atoms with Gasteiger partial charge in [-0.05, 0) is 6.92 Å². The third-order valence-electron chi connectivity index (χ3n) is 2.05. The third-order valence-corrected chi connectivity index (χ3v) is 3.18. The molecule has 2 unspecified atom stereocenters. The summed E-state index contributed by atoms with van der Waals surface area (Å²) in [5, 5.41) is 0.686. The first-order valence-electron chi connectivity index (χ1n) is 4.05. The summed E-state index contributed by atoms with van der Waals surface area (Å²) in [4.78, 5) is 12.7. The molecule has 1 fully saturated rings. The second-order valence-electron chi connectivity index (χ2n) is 3.05. The zero-order chi connectivity index (χ0) is 8.27. The lowest BCUT2D eigenvalue weighted by Gasteiger charge is -2.32. The third kappa shape index (κ3) is 2.49. The van der Waals surface area contributed by atoms with Crippen molar-refractivity contribution in [2.45, 2.75) is 25.1 Å². The molecule has 2 atom stereocenters. The van der Waals surface area contributed by atoms with Crippen LogP contribution >= 0.6 is 11.8 Å². The van der Waals surface area contributed by atoms with Crippen LogP contribution in [0.3, 0.4) is 0 Å². The number of hydrogen-bond donors (Lipinski definition) is 0. The largest absolute Gasteiger partial charge is 0.302 e. The van der Waals surface area contributed by atoms with Crippen molar-refractivity contribution >= 4 is 18.0 Å². The summed E-state index contributed by atoms with van der Waals surface area (Å²) in [6.45, 7) is 6.31. The van der Waals surface area contributed by atoms with Gasteiger partial charge in [-0.2, -0.15) is 11.8 Å². The van der Waals surface area contributed by atoms with Crippen LogP contribution in [0.2, 0.25) is 0 Å². The molecule has 64 valence electrons. The maximum absolute atomic E-state index is 10.5. The minimum Gasteiger partial charge on any atom is -0.302 e. The number of thioether (sulfide) groups is 1. The van der Waals surface area contributed by atoms with Crippen molar-refractivity contribution in [1.29, 1.82) is 0 Å². The van der Waals surface area contributed by atoms with Crippen molar-refractivity contribution < 1.29 is 4.79 Å². The van der Waals surface area contributed by atoms with E-state index >= 15 is 0 Å². The molecule has 0 aromatic heterocycles. The zero-order valence-electron chi connectivity index (χ0n) is 7.12. The van der Waals surface area contributed by atoms with Crippen LogP contribution in [-0.4, -0.2) is 41.3 Å². The molecule has 11 heavy (non-hydrogen) atoms. The topological polar surface area (TPSA) is 20.3 Å². The van der Waals surface area contributed by atoms with E-state index in [9.17, 15) is 4.79 Å². The van der Waals surface area contributed by atoms with E-state index < -0.39 is 0 Å². The molecular weight excluding hydrogens is 158 g/mol. The number of nitrogens with zero attached hydrogens (tertiary/aromatic N) is 1. The Kier molecular flexibility index (Phi) is 3.40. The Balaban J connectivity index is 2.38. The molecule has 0 aromatic carbocycles. The Hall–Kier alpha value is -0.0200. The summed E-state index contributed by atoms with van der Waals surface area (Å²) < 4.78 is 0. The van der Waals surface area contributed by atoms with E-state index in [2.05, 4.69) is 11.8 Å². The van der Waals surface area contributed by atoms with Gasteiger partial charge >= 0.3 is 0 Å². The number of carbonyl (C=O) groups is 1. The molecule has 1 rings (SSSR count). The highest BCUT2D eigenvalue weighted by Gasteiger charge is 2.20. The van der Waals surface area contributed by atoms with Crippen LogP contribution in [0.25, 0.3) is 0 Å². The molecule has 2 nitrogen and oxygen atoms in total. The van der Waals surface area contributed by atoms with Crippen LogP contribution in [-0.2, 0) is 4.79 Å². The maximum Gasteiger partial charge on any atom is 0.136 e. The van der Waals surface area contributed by atoms with Crippen LogP contribution in [0.5, 0.6) is 0 Å². The molecule has 0 N–H and O–H groups in total. The summed E-state index contributed by atoms with van der Waals surface area (Å²) in [5.74, 6) is 1.17. The monoisotopic (exact) mass is 173 g/mol. The fourth-order valence-corrected chi connectivity index (χ4v) is 2.34. The van der Waals surface area contributed by atoms with Crippen molar-refractivity contribution in [3.63, 3.8) is 0 Å². The van der Waals surface area contributed by atoms with Gasteiger partial charge in [0, 0.05) is 24.1 Å². The van der Waals surface area contributed by atoms with Gasteiger partial charge in [0.05, 0.1) is 6.04 Å². The van der Waals surface area contributed by atoms with Crippen molar-refractivity contribution in [2.75, 3.05) is 18.8 Å². The van der Waals surface area contributed by atoms with Gasteiger partial charge in [-0.1, -0.05) is 6.92 Å².